The van der Waals surface area contributed by atoms with Crippen molar-refractivity contribution in [2.75, 3.05) is 5.75 Å². The fourth-order valence-corrected chi connectivity index (χ4v) is 3.09. The first-order chi connectivity index (χ1) is 11.9. The van der Waals surface area contributed by atoms with Gasteiger partial charge in [0.2, 0.25) is 5.16 Å². The minimum atomic E-state index is 0.0537. The van der Waals surface area contributed by atoms with Crippen LogP contribution in [0.15, 0.2) is 52.2 Å². The summed E-state index contributed by atoms with van der Waals surface area (Å²) in [5.41, 5.74) is 1.98. The van der Waals surface area contributed by atoms with Crippen LogP contribution in [0.1, 0.15) is 42.5 Å². The van der Waals surface area contributed by atoms with Gasteiger partial charge < -0.3 is 4.42 Å². The average Bonchev–Trinajstić information content (AvgIpc) is 3.24. The zero-order valence-electron chi connectivity index (χ0n) is 14.5. The molecule has 0 spiro atoms. The number of rotatable bonds is 6. The van der Waals surface area contributed by atoms with Gasteiger partial charge in [0.05, 0.1) is 12.0 Å². The summed E-state index contributed by atoms with van der Waals surface area (Å²) in [6.45, 7) is 6.90. The maximum absolute atomic E-state index is 12.4. The van der Waals surface area contributed by atoms with E-state index in [4.69, 9.17) is 4.42 Å². The highest BCUT2D eigenvalue weighted by Crippen LogP contribution is 2.23. The van der Waals surface area contributed by atoms with E-state index in [1.165, 1.54) is 17.3 Å². The molecule has 6 nitrogen and oxygen atoms in total. The van der Waals surface area contributed by atoms with Crippen molar-refractivity contribution in [2.24, 2.45) is 0 Å². The molecule has 130 valence electrons. The normalized spacial score (nSPS) is 11.6. The quantitative estimate of drug-likeness (QED) is 0.496. The van der Waals surface area contributed by atoms with Crippen LogP contribution in [0, 0.1) is 0 Å². The average molecular weight is 356 g/mol. The van der Waals surface area contributed by atoms with E-state index >= 15 is 0 Å². The van der Waals surface area contributed by atoms with Crippen molar-refractivity contribution < 1.29 is 9.21 Å². The van der Waals surface area contributed by atoms with Crippen molar-refractivity contribution in [1.82, 2.24) is 20.2 Å². The first-order valence-corrected chi connectivity index (χ1v) is 8.97. The van der Waals surface area contributed by atoms with E-state index < -0.39 is 0 Å². The van der Waals surface area contributed by atoms with Crippen LogP contribution >= 0.6 is 11.8 Å². The third-order valence-corrected chi connectivity index (χ3v) is 4.75. The van der Waals surface area contributed by atoms with Gasteiger partial charge in [0, 0.05) is 5.56 Å². The Balaban J connectivity index is 1.62. The second-order valence-corrected chi connectivity index (χ2v) is 7.68. The molecule has 25 heavy (non-hydrogen) atoms. The Morgan fingerprint density at radius 2 is 1.96 bits per heavy atom. The minimum absolute atomic E-state index is 0.0537. The zero-order chi connectivity index (χ0) is 17.9. The number of Topliss-reactive ketones (excluding diaryl/α,β-unsaturated/α-hetero) is 1. The number of tetrazole rings is 1. The second-order valence-electron chi connectivity index (χ2n) is 6.74. The fraction of sp³-hybridized carbons (Fsp3) is 0.333. The number of nitrogens with zero attached hydrogens (tertiary/aromatic N) is 4. The van der Waals surface area contributed by atoms with Gasteiger partial charge in [-0.05, 0) is 33.5 Å². The van der Waals surface area contributed by atoms with Gasteiger partial charge in [-0.3, -0.25) is 4.79 Å². The Kier molecular flexibility index (Phi) is 5.03. The van der Waals surface area contributed by atoms with Gasteiger partial charge in [0.15, 0.2) is 5.78 Å². The summed E-state index contributed by atoms with van der Waals surface area (Å²) in [7, 11) is 0. The smallest absolute Gasteiger partial charge is 0.210 e. The highest BCUT2D eigenvalue weighted by molar-refractivity contribution is 7.99. The fourth-order valence-electron chi connectivity index (χ4n) is 2.32. The van der Waals surface area contributed by atoms with E-state index in [-0.39, 0.29) is 17.0 Å². The molecule has 0 saturated carbocycles. The molecular weight excluding hydrogens is 336 g/mol. The monoisotopic (exact) mass is 356 g/mol. The van der Waals surface area contributed by atoms with Gasteiger partial charge in [0.25, 0.3) is 0 Å². The number of benzene rings is 1. The van der Waals surface area contributed by atoms with Crippen LogP contribution in [0.25, 0.3) is 0 Å². The van der Waals surface area contributed by atoms with Crippen LogP contribution in [-0.2, 0) is 12.0 Å². The number of ketones is 1. The third-order valence-electron chi connectivity index (χ3n) is 3.79. The molecule has 3 aromatic rings. The van der Waals surface area contributed by atoms with Crippen LogP contribution < -0.4 is 0 Å². The Morgan fingerprint density at radius 1 is 1.20 bits per heavy atom. The molecule has 7 heteroatoms. The predicted molar refractivity (Wildman–Crippen MR) is 95.8 cm³/mol. The largest absolute Gasteiger partial charge is 0.467 e. The van der Waals surface area contributed by atoms with Crippen LogP contribution in [0.4, 0.5) is 0 Å². The summed E-state index contributed by atoms with van der Waals surface area (Å²) in [6.07, 6.45) is 1.61. The summed E-state index contributed by atoms with van der Waals surface area (Å²) in [6, 6.07) is 11.5. The van der Waals surface area contributed by atoms with E-state index in [1.54, 1.807) is 10.9 Å². The Morgan fingerprint density at radius 3 is 2.60 bits per heavy atom. The number of thioether (sulfide) groups is 1. The highest BCUT2D eigenvalue weighted by Gasteiger charge is 2.16. The second kappa shape index (κ2) is 7.23. The summed E-state index contributed by atoms with van der Waals surface area (Å²) < 4.78 is 6.93. The number of carbonyl (C=O) groups is 1. The zero-order valence-corrected chi connectivity index (χ0v) is 15.3. The van der Waals surface area contributed by atoms with Crippen molar-refractivity contribution >= 4 is 17.5 Å². The van der Waals surface area contributed by atoms with E-state index in [1.807, 2.05) is 36.4 Å². The maximum Gasteiger partial charge on any atom is 0.210 e. The maximum atomic E-state index is 12.4. The topological polar surface area (TPSA) is 73.8 Å². The van der Waals surface area contributed by atoms with Gasteiger partial charge in [-0.1, -0.05) is 56.8 Å². The molecule has 0 amide bonds. The molecule has 0 fully saturated rings. The van der Waals surface area contributed by atoms with Gasteiger partial charge in [-0.25, -0.2) is 4.68 Å². The molecular formula is C18H20N4O2S. The summed E-state index contributed by atoms with van der Waals surface area (Å²) in [5, 5.41) is 12.2. The van der Waals surface area contributed by atoms with Crippen LogP contribution in [0.3, 0.4) is 0 Å². The molecule has 1 aromatic carbocycles. The molecule has 2 heterocycles. The van der Waals surface area contributed by atoms with E-state index in [0.29, 0.717) is 17.3 Å². The van der Waals surface area contributed by atoms with Gasteiger partial charge in [0.1, 0.15) is 12.3 Å². The Labute approximate surface area is 150 Å². The van der Waals surface area contributed by atoms with Crippen molar-refractivity contribution in [1.29, 1.82) is 0 Å². The van der Waals surface area contributed by atoms with Crippen LogP contribution in [0.5, 0.6) is 0 Å². The van der Waals surface area contributed by atoms with E-state index in [9.17, 15) is 4.79 Å². The first kappa shape index (κ1) is 17.4. The van der Waals surface area contributed by atoms with Gasteiger partial charge >= 0.3 is 0 Å². The lowest BCUT2D eigenvalue weighted by atomic mass is 9.86. The van der Waals surface area contributed by atoms with Gasteiger partial charge in [-0.2, -0.15) is 0 Å². The molecule has 0 aliphatic heterocycles. The van der Waals surface area contributed by atoms with Crippen LogP contribution in [-0.4, -0.2) is 31.7 Å². The molecule has 0 saturated heterocycles. The van der Waals surface area contributed by atoms with E-state index in [0.717, 1.165) is 5.76 Å². The Bertz CT molecular complexity index is 833. The lowest BCUT2D eigenvalue weighted by molar-refractivity contribution is 0.102. The number of hydrogen-bond donors (Lipinski definition) is 0. The minimum Gasteiger partial charge on any atom is -0.467 e. The molecule has 3 rings (SSSR count). The summed E-state index contributed by atoms with van der Waals surface area (Å²) in [5.74, 6) is 1.10. The van der Waals surface area contributed by atoms with Crippen LogP contribution in [0.2, 0.25) is 0 Å². The Hall–Kier alpha value is -2.41. The SMILES string of the molecule is CC(C)(C)c1ccc(C(=O)CSc2nnnn2Cc2ccco2)cc1. The number of furan rings is 1. The van der Waals surface area contributed by atoms with Crippen molar-refractivity contribution in [2.45, 2.75) is 37.9 Å². The van der Waals surface area contributed by atoms with Crippen molar-refractivity contribution in [3.8, 4) is 0 Å². The summed E-state index contributed by atoms with van der Waals surface area (Å²) in [4.78, 5) is 12.4. The lowest BCUT2D eigenvalue weighted by Gasteiger charge is -2.18. The molecule has 2 aromatic heterocycles. The number of hydrogen-bond acceptors (Lipinski definition) is 6. The highest BCUT2D eigenvalue weighted by atomic mass is 32.2. The molecule has 0 aliphatic carbocycles. The molecule has 0 radical (unpaired) electrons. The van der Waals surface area contributed by atoms with Crippen molar-refractivity contribution in [3.05, 3.63) is 59.5 Å². The van der Waals surface area contributed by atoms with Gasteiger partial charge in [-0.15, -0.1) is 5.10 Å². The first-order valence-electron chi connectivity index (χ1n) is 7.98. The predicted octanol–water partition coefficient (Wildman–Crippen LogP) is 3.59. The molecule has 0 bridgehead atoms. The molecule has 0 N–H and O–H groups in total. The third kappa shape index (κ3) is 4.36. The summed E-state index contributed by atoms with van der Waals surface area (Å²) >= 11 is 1.32. The number of carbonyl (C=O) groups excluding carboxylic acids is 1. The van der Waals surface area contributed by atoms with Crippen molar-refractivity contribution in [3.63, 3.8) is 0 Å². The molecule has 0 atom stereocenters. The van der Waals surface area contributed by atoms with E-state index in [2.05, 4.69) is 36.3 Å². The molecule has 0 unspecified atom stereocenters. The molecule has 0 aliphatic rings. The standard InChI is InChI=1S/C18H20N4O2S/c1-18(2,3)14-8-6-13(7-9-14)16(23)12-25-17-19-20-21-22(17)11-15-5-4-10-24-15/h4-10H,11-12H2,1-3H3. The number of aromatic nitrogens is 4. The lowest BCUT2D eigenvalue weighted by Crippen LogP contribution is -2.11.